The predicted octanol–water partition coefficient (Wildman–Crippen LogP) is 3.77. The second-order valence-corrected chi connectivity index (χ2v) is 7.47. The van der Waals surface area contributed by atoms with Gasteiger partial charge in [0.25, 0.3) is 5.91 Å². The topological polar surface area (TPSA) is 57.6 Å². The minimum absolute atomic E-state index is 0.0838. The molecule has 2 rings (SSSR count). The lowest BCUT2D eigenvalue weighted by molar-refractivity contribution is -0.152. The Morgan fingerprint density at radius 3 is 2.81 bits per heavy atom. The van der Waals surface area contributed by atoms with Crippen molar-refractivity contribution in [1.82, 2.24) is 4.90 Å². The van der Waals surface area contributed by atoms with Gasteiger partial charge >= 0.3 is 5.97 Å². The highest BCUT2D eigenvalue weighted by Gasteiger charge is 2.42. The Bertz CT molecular complexity index is 578. The molecular weight excluding hydrogens is 449 g/mol. The Hall–Kier alpha value is -0.630. The molecule has 1 atom stereocenters. The maximum atomic E-state index is 12.7. The SMILES string of the molecule is CCC1(C(=O)O)CCCN(C(=O)c2cc(Br)ccc2I)C1. The van der Waals surface area contributed by atoms with Gasteiger partial charge in [0.05, 0.1) is 11.0 Å². The van der Waals surface area contributed by atoms with E-state index in [-0.39, 0.29) is 5.91 Å². The highest BCUT2D eigenvalue weighted by Crippen LogP contribution is 2.34. The van der Waals surface area contributed by atoms with Gasteiger partial charge in [-0.2, -0.15) is 0 Å². The predicted molar refractivity (Wildman–Crippen MR) is 92.4 cm³/mol. The van der Waals surface area contributed by atoms with E-state index in [1.807, 2.05) is 19.1 Å². The van der Waals surface area contributed by atoms with Crippen molar-refractivity contribution >= 4 is 50.4 Å². The molecule has 1 heterocycles. The number of carboxylic acid groups (broad SMARTS) is 1. The molecule has 0 aliphatic carbocycles. The van der Waals surface area contributed by atoms with Gasteiger partial charge in [-0.25, -0.2) is 0 Å². The van der Waals surface area contributed by atoms with Crippen molar-refractivity contribution in [2.24, 2.45) is 5.41 Å². The smallest absolute Gasteiger partial charge is 0.311 e. The number of carboxylic acids is 1. The normalized spacial score (nSPS) is 22.1. The minimum Gasteiger partial charge on any atom is -0.481 e. The largest absolute Gasteiger partial charge is 0.481 e. The minimum atomic E-state index is -0.800. The van der Waals surface area contributed by atoms with Crippen LogP contribution in [-0.4, -0.2) is 35.0 Å². The first-order valence-electron chi connectivity index (χ1n) is 6.87. The van der Waals surface area contributed by atoms with Crippen molar-refractivity contribution < 1.29 is 14.7 Å². The van der Waals surface area contributed by atoms with Crippen molar-refractivity contribution in [3.8, 4) is 0 Å². The monoisotopic (exact) mass is 465 g/mol. The molecule has 1 unspecified atom stereocenters. The van der Waals surface area contributed by atoms with Crippen LogP contribution in [0.4, 0.5) is 0 Å². The summed E-state index contributed by atoms with van der Waals surface area (Å²) < 4.78 is 1.73. The van der Waals surface area contributed by atoms with E-state index in [1.165, 1.54) is 0 Å². The molecular formula is C15H17BrINO3. The number of carbonyl (C=O) groups is 2. The van der Waals surface area contributed by atoms with Gasteiger partial charge in [-0.15, -0.1) is 0 Å². The summed E-state index contributed by atoms with van der Waals surface area (Å²) in [5.41, 5.74) is -0.173. The molecule has 6 heteroatoms. The highest BCUT2D eigenvalue weighted by molar-refractivity contribution is 14.1. The van der Waals surface area contributed by atoms with Gasteiger partial charge in [-0.3, -0.25) is 9.59 Å². The lowest BCUT2D eigenvalue weighted by Gasteiger charge is -2.39. The van der Waals surface area contributed by atoms with E-state index in [1.54, 1.807) is 11.0 Å². The zero-order valence-corrected chi connectivity index (χ0v) is 15.5. The number of carbonyl (C=O) groups excluding carboxylic acids is 1. The fourth-order valence-corrected chi connectivity index (χ4v) is 3.68. The van der Waals surface area contributed by atoms with Crippen molar-refractivity contribution in [1.29, 1.82) is 0 Å². The number of halogens is 2. The average molecular weight is 466 g/mol. The molecule has 1 aromatic rings. The van der Waals surface area contributed by atoms with Crippen LogP contribution in [-0.2, 0) is 4.79 Å². The van der Waals surface area contributed by atoms with Crippen LogP contribution in [0.15, 0.2) is 22.7 Å². The molecule has 0 radical (unpaired) electrons. The fourth-order valence-electron chi connectivity index (χ4n) is 2.75. The molecule has 1 aromatic carbocycles. The Morgan fingerprint density at radius 2 is 2.19 bits per heavy atom. The lowest BCUT2D eigenvalue weighted by Crippen LogP contribution is -2.49. The summed E-state index contributed by atoms with van der Waals surface area (Å²) in [6.45, 7) is 2.79. The van der Waals surface area contributed by atoms with E-state index in [0.717, 1.165) is 14.5 Å². The first-order chi connectivity index (χ1) is 9.89. The summed E-state index contributed by atoms with van der Waals surface area (Å²) in [6.07, 6.45) is 1.91. The Balaban J connectivity index is 2.27. The first-order valence-corrected chi connectivity index (χ1v) is 8.74. The molecule has 0 aromatic heterocycles. The van der Waals surface area contributed by atoms with Crippen LogP contribution < -0.4 is 0 Å². The summed E-state index contributed by atoms with van der Waals surface area (Å²) in [6, 6.07) is 5.57. The standard InChI is InChI=1S/C15H17BrINO3/c1-2-15(14(20)21)6-3-7-18(9-15)13(19)11-8-10(16)4-5-12(11)17/h4-5,8H,2-3,6-7,9H2,1H3,(H,20,21). The number of rotatable bonds is 3. The molecule has 1 saturated heterocycles. The third kappa shape index (κ3) is 3.41. The molecule has 114 valence electrons. The van der Waals surface area contributed by atoms with Crippen molar-refractivity contribution in [2.45, 2.75) is 26.2 Å². The van der Waals surface area contributed by atoms with Crippen LogP contribution in [0.25, 0.3) is 0 Å². The van der Waals surface area contributed by atoms with Gasteiger partial charge in [0.2, 0.25) is 0 Å². The number of likely N-dealkylation sites (tertiary alicyclic amines) is 1. The summed E-state index contributed by atoms with van der Waals surface area (Å²) in [7, 11) is 0. The van der Waals surface area contributed by atoms with Crippen LogP contribution in [0.1, 0.15) is 36.5 Å². The zero-order chi connectivity index (χ0) is 15.6. The Labute approximate surface area is 146 Å². The van der Waals surface area contributed by atoms with E-state index < -0.39 is 11.4 Å². The summed E-state index contributed by atoms with van der Waals surface area (Å²) in [4.78, 5) is 26.0. The van der Waals surface area contributed by atoms with E-state index in [4.69, 9.17) is 0 Å². The average Bonchev–Trinajstić information content (AvgIpc) is 2.48. The fraction of sp³-hybridized carbons (Fsp3) is 0.467. The third-order valence-corrected chi connectivity index (χ3v) is 5.59. The van der Waals surface area contributed by atoms with Crippen LogP contribution in [0, 0.1) is 8.99 Å². The summed E-state index contributed by atoms with van der Waals surface area (Å²) in [5.74, 6) is -0.883. The van der Waals surface area contributed by atoms with Crippen LogP contribution in [0.5, 0.6) is 0 Å². The molecule has 0 saturated carbocycles. The summed E-state index contributed by atoms with van der Waals surface area (Å²) >= 11 is 5.52. The maximum absolute atomic E-state index is 12.7. The van der Waals surface area contributed by atoms with Gasteiger partial charge in [0.1, 0.15) is 0 Å². The number of piperidine rings is 1. The van der Waals surface area contributed by atoms with Gasteiger partial charge in [-0.1, -0.05) is 22.9 Å². The van der Waals surface area contributed by atoms with Crippen LogP contribution in [0.3, 0.4) is 0 Å². The maximum Gasteiger partial charge on any atom is 0.311 e. The van der Waals surface area contributed by atoms with E-state index in [0.29, 0.717) is 31.5 Å². The number of aliphatic carboxylic acids is 1. The third-order valence-electron chi connectivity index (χ3n) is 4.15. The molecule has 1 fully saturated rings. The van der Waals surface area contributed by atoms with Gasteiger partial charge in [0.15, 0.2) is 0 Å². The van der Waals surface area contributed by atoms with Gasteiger partial charge in [0, 0.05) is 21.1 Å². The molecule has 1 N–H and O–H groups in total. The lowest BCUT2D eigenvalue weighted by atomic mass is 9.77. The van der Waals surface area contributed by atoms with Gasteiger partial charge < -0.3 is 10.0 Å². The van der Waals surface area contributed by atoms with Crippen LogP contribution >= 0.6 is 38.5 Å². The number of nitrogens with zero attached hydrogens (tertiary/aromatic N) is 1. The van der Waals surface area contributed by atoms with E-state index in [9.17, 15) is 14.7 Å². The van der Waals surface area contributed by atoms with Crippen LogP contribution in [0.2, 0.25) is 0 Å². The number of amides is 1. The number of benzene rings is 1. The molecule has 0 bridgehead atoms. The Kier molecular flexibility index (Phi) is 5.29. The molecule has 1 amide bonds. The quantitative estimate of drug-likeness (QED) is 0.691. The highest BCUT2D eigenvalue weighted by atomic mass is 127. The van der Waals surface area contributed by atoms with Crippen molar-refractivity contribution in [3.05, 3.63) is 31.8 Å². The van der Waals surface area contributed by atoms with Crippen molar-refractivity contribution in [3.63, 3.8) is 0 Å². The molecule has 21 heavy (non-hydrogen) atoms. The number of hydrogen-bond acceptors (Lipinski definition) is 2. The second kappa shape index (κ2) is 6.64. The van der Waals surface area contributed by atoms with Crippen molar-refractivity contribution in [2.75, 3.05) is 13.1 Å². The van der Waals surface area contributed by atoms with E-state index in [2.05, 4.69) is 38.5 Å². The Morgan fingerprint density at radius 1 is 1.48 bits per heavy atom. The molecule has 1 aliphatic heterocycles. The molecule has 4 nitrogen and oxygen atoms in total. The first kappa shape index (κ1) is 16.7. The molecule has 1 aliphatic rings. The summed E-state index contributed by atoms with van der Waals surface area (Å²) in [5, 5.41) is 9.51. The molecule has 0 spiro atoms. The zero-order valence-electron chi connectivity index (χ0n) is 11.7. The second-order valence-electron chi connectivity index (χ2n) is 5.39. The number of hydrogen-bond donors (Lipinski definition) is 1. The van der Waals surface area contributed by atoms with Gasteiger partial charge in [-0.05, 0) is 60.1 Å². The van der Waals surface area contributed by atoms with E-state index >= 15 is 0 Å².